The Morgan fingerprint density at radius 2 is 1.96 bits per heavy atom. The van der Waals surface area contributed by atoms with Crippen LogP contribution in [0, 0.1) is 0 Å². The highest BCUT2D eigenvalue weighted by molar-refractivity contribution is 5.93. The van der Waals surface area contributed by atoms with Crippen LogP contribution in [0.4, 0.5) is 0 Å². The van der Waals surface area contributed by atoms with E-state index in [2.05, 4.69) is 10.6 Å². The Morgan fingerprint density at radius 1 is 1.21 bits per heavy atom. The fourth-order valence-corrected chi connectivity index (χ4v) is 2.97. The summed E-state index contributed by atoms with van der Waals surface area (Å²) in [6, 6.07) is 11.7. The Hall–Kier alpha value is -2.89. The number of carboxylic acid groups (broad SMARTS) is 1. The van der Waals surface area contributed by atoms with Gasteiger partial charge in [-0.2, -0.15) is 0 Å². The fourth-order valence-electron chi connectivity index (χ4n) is 2.97. The summed E-state index contributed by atoms with van der Waals surface area (Å²) in [5, 5.41) is 16.5. The Kier molecular flexibility index (Phi) is 4.46. The van der Waals surface area contributed by atoms with E-state index in [-0.39, 0.29) is 12.3 Å². The molecule has 6 nitrogen and oxygen atoms in total. The molecule has 124 valence electrons. The van der Waals surface area contributed by atoms with Crippen LogP contribution in [0.5, 0.6) is 0 Å². The standard InChI is InChI=1S/C18H18N2O4/c21-16-9-8-14(19-16)17(22)20-15(18(23)24)10-12-6-3-5-11-4-1-2-7-13(11)12/h1-7,14-15H,8-10H2,(H,19,21)(H,20,22)(H,23,24)/t14-,15+/m0/s1. The number of hydrogen-bond donors (Lipinski definition) is 3. The van der Waals surface area contributed by atoms with Gasteiger partial charge in [-0.15, -0.1) is 0 Å². The van der Waals surface area contributed by atoms with E-state index in [1.165, 1.54) is 0 Å². The molecule has 0 radical (unpaired) electrons. The molecule has 2 aromatic rings. The maximum absolute atomic E-state index is 12.2. The van der Waals surface area contributed by atoms with Crippen LogP contribution < -0.4 is 10.6 Å². The van der Waals surface area contributed by atoms with E-state index in [4.69, 9.17) is 0 Å². The Balaban J connectivity index is 1.77. The first kappa shape index (κ1) is 16.0. The number of nitrogens with one attached hydrogen (secondary N) is 2. The molecule has 2 aromatic carbocycles. The summed E-state index contributed by atoms with van der Waals surface area (Å²) in [7, 11) is 0. The topological polar surface area (TPSA) is 95.5 Å². The quantitative estimate of drug-likeness (QED) is 0.770. The van der Waals surface area contributed by atoms with Gasteiger partial charge in [-0.1, -0.05) is 42.5 Å². The zero-order valence-corrected chi connectivity index (χ0v) is 13.0. The zero-order chi connectivity index (χ0) is 17.1. The molecule has 2 amide bonds. The van der Waals surface area contributed by atoms with E-state index in [1.54, 1.807) is 0 Å². The number of hydrogen-bond acceptors (Lipinski definition) is 3. The van der Waals surface area contributed by atoms with Crippen molar-refractivity contribution in [3.05, 3.63) is 48.0 Å². The van der Waals surface area contributed by atoms with Gasteiger partial charge in [0.15, 0.2) is 0 Å². The zero-order valence-electron chi connectivity index (χ0n) is 13.0. The van der Waals surface area contributed by atoms with E-state index in [0.717, 1.165) is 16.3 Å². The molecule has 1 fully saturated rings. The van der Waals surface area contributed by atoms with E-state index < -0.39 is 24.0 Å². The van der Waals surface area contributed by atoms with Crippen molar-refractivity contribution in [2.24, 2.45) is 0 Å². The van der Waals surface area contributed by atoms with Crippen LogP contribution in [0.1, 0.15) is 18.4 Å². The largest absolute Gasteiger partial charge is 0.480 e. The summed E-state index contributed by atoms with van der Waals surface area (Å²) < 4.78 is 0. The second-order valence-electron chi connectivity index (χ2n) is 5.90. The summed E-state index contributed by atoms with van der Waals surface area (Å²) in [5.41, 5.74) is 0.858. The summed E-state index contributed by atoms with van der Waals surface area (Å²) >= 11 is 0. The van der Waals surface area contributed by atoms with Crippen LogP contribution in [-0.2, 0) is 20.8 Å². The van der Waals surface area contributed by atoms with Gasteiger partial charge in [0.25, 0.3) is 0 Å². The number of benzene rings is 2. The van der Waals surface area contributed by atoms with Crippen LogP contribution in [-0.4, -0.2) is 35.0 Å². The molecule has 0 bridgehead atoms. The molecule has 24 heavy (non-hydrogen) atoms. The lowest BCUT2D eigenvalue weighted by Crippen LogP contribution is -2.49. The smallest absolute Gasteiger partial charge is 0.326 e. The summed E-state index contributed by atoms with van der Waals surface area (Å²) in [6.45, 7) is 0. The first-order chi connectivity index (χ1) is 11.5. The molecule has 2 atom stereocenters. The third-order valence-electron chi connectivity index (χ3n) is 4.23. The minimum Gasteiger partial charge on any atom is -0.480 e. The van der Waals surface area contributed by atoms with Crippen molar-refractivity contribution in [1.29, 1.82) is 0 Å². The van der Waals surface area contributed by atoms with Gasteiger partial charge in [-0.25, -0.2) is 4.79 Å². The van der Waals surface area contributed by atoms with Crippen LogP contribution >= 0.6 is 0 Å². The van der Waals surface area contributed by atoms with E-state index in [9.17, 15) is 19.5 Å². The van der Waals surface area contributed by atoms with Gasteiger partial charge in [0.1, 0.15) is 12.1 Å². The number of rotatable bonds is 5. The predicted molar refractivity (Wildman–Crippen MR) is 88.4 cm³/mol. The van der Waals surface area contributed by atoms with Crippen molar-refractivity contribution in [2.45, 2.75) is 31.3 Å². The van der Waals surface area contributed by atoms with E-state index >= 15 is 0 Å². The molecule has 1 aliphatic rings. The SMILES string of the molecule is O=C1CC[C@@H](C(=O)N[C@H](Cc2cccc3ccccc23)C(=O)O)N1. The van der Waals surface area contributed by atoms with Crippen molar-refractivity contribution in [3.63, 3.8) is 0 Å². The number of carbonyl (C=O) groups is 3. The average Bonchev–Trinajstić information content (AvgIpc) is 3.01. The maximum Gasteiger partial charge on any atom is 0.326 e. The summed E-state index contributed by atoms with van der Waals surface area (Å²) in [4.78, 5) is 34.9. The first-order valence-electron chi connectivity index (χ1n) is 7.84. The lowest BCUT2D eigenvalue weighted by Gasteiger charge is -2.18. The second-order valence-corrected chi connectivity index (χ2v) is 5.90. The van der Waals surface area contributed by atoms with Crippen LogP contribution in [0.15, 0.2) is 42.5 Å². The second kappa shape index (κ2) is 6.70. The molecule has 0 spiro atoms. The molecule has 0 aliphatic carbocycles. The van der Waals surface area contributed by atoms with E-state index in [1.807, 2.05) is 42.5 Å². The van der Waals surface area contributed by atoms with Gasteiger partial charge in [0.05, 0.1) is 0 Å². The van der Waals surface area contributed by atoms with Crippen molar-refractivity contribution in [3.8, 4) is 0 Å². The minimum absolute atomic E-state index is 0.184. The highest BCUT2D eigenvalue weighted by Crippen LogP contribution is 2.20. The Bertz CT molecular complexity index is 797. The van der Waals surface area contributed by atoms with Gasteiger partial charge in [0.2, 0.25) is 11.8 Å². The lowest BCUT2D eigenvalue weighted by atomic mass is 9.98. The molecule has 1 aliphatic heterocycles. The van der Waals surface area contributed by atoms with Gasteiger partial charge >= 0.3 is 5.97 Å². The Morgan fingerprint density at radius 3 is 2.67 bits per heavy atom. The lowest BCUT2D eigenvalue weighted by molar-refractivity contribution is -0.142. The van der Waals surface area contributed by atoms with Crippen molar-refractivity contribution in [1.82, 2.24) is 10.6 Å². The number of carboxylic acids is 1. The van der Waals surface area contributed by atoms with Crippen molar-refractivity contribution >= 4 is 28.6 Å². The normalized spacial score (nSPS) is 18.2. The molecule has 6 heteroatoms. The van der Waals surface area contributed by atoms with Gasteiger partial charge in [0, 0.05) is 12.8 Å². The van der Waals surface area contributed by atoms with Crippen LogP contribution in [0.25, 0.3) is 10.8 Å². The molecule has 3 rings (SSSR count). The molecular weight excluding hydrogens is 308 g/mol. The maximum atomic E-state index is 12.2. The monoisotopic (exact) mass is 326 g/mol. The van der Waals surface area contributed by atoms with Crippen molar-refractivity contribution in [2.75, 3.05) is 0 Å². The van der Waals surface area contributed by atoms with Gasteiger partial charge < -0.3 is 15.7 Å². The molecule has 0 aromatic heterocycles. The van der Waals surface area contributed by atoms with Crippen LogP contribution in [0.3, 0.4) is 0 Å². The number of fused-ring (bicyclic) bond motifs is 1. The highest BCUT2D eigenvalue weighted by atomic mass is 16.4. The van der Waals surface area contributed by atoms with E-state index in [0.29, 0.717) is 12.8 Å². The average molecular weight is 326 g/mol. The van der Waals surface area contributed by atoms with Gasteiger partial charge in [-0.3, -0.25) is 9.59 Å². The van der Waals surface area contributed by atoms with Crippen LogP contribution in [0.2, 0.25) is 0 Å². The summed E-state index contributed by atoms with van der Waals surface area (Å²) in [6.07, 6.45) is 0.869. The number of aliphatic carboxylic acids is 1. The van der Waals surface area contributed by atoms with Gasteiger partial charge in [-0.05, 0) is 22.8 Å². The molecule has 1 saturated heterocycles. The fraction of sp³-hybridized carbons (Fsp3) is 0.278. The molecule has 0 saturated carbocycles. The molecule has 0 unspecified atom stereocenters. The Labute approximate surface area is 138 Å². The number of carbonyl (C=O) groups excluding carboxylic acids is 2. The third kappa shape index (κ3) is 3.37. The highest BCUT2D eigenvalue weighted by Gasteiger charge is 2.30. The predicted octanol–water partition coefficient (Wildman–Crippen LogP) is 1.23. The number of amides is 2. The molecular formula is C18H18N2O4. The molecule has 1 heterocycles. The third-order valence-corrected chi connectivity index (χ3v) is 4.23. The summed E-state index contributed by atoms with van der Waals surface area (Å²) in [5.74, 6) is -1.73. The molecule has 3 N–H and O–H groups in total. The van der Waals surface area contributed by atoms with Crippen molar-refractivity contribution < 1.29 is 19.5 Å². The first-order valence-corrected chi connectivity index (χ1v) is 7.84. The minimum atomic E-state index is -1.10.